The summed E-state index contributed by atoms with van der Waals surface area (Å²) in [5.41, 5.74) is 4.09. The molecule has 0 bridgehead atoms. The third-order valence-corrected chi connectivity index (χ3v) is 3.96. The minimum absolute atomic E-state index is 0.197. The number of aryl methyl sites for hydroxylation is 1. The SMILES string of the molecule is CNc1csc(-c2ccc(C(C)(C)C)cc2C)n1. The number of benzene rings is 1. The van der Waals surface area contributed by atoms with E-state index in [1.54, 1.807) is 11.3 Å². The van der Waals surface area contributed by atoms with Crippen LogP contribution in [0.3, 0.4) is 0 Å². The zero-order valence-electron chi connectivity index (χ0n) is 11.7. The van der Waals surface area contributed by atoms with Crippen molar-refractivity contribution in [1.29, 1.82) is 0 Å². The van der Waals surface area contributed by atoms with E-state index < -0.39 is 0 Å². The maximum atomic E-state index is 4.56. The Labute approximate surface area is 113 Å². The van der Waals surface area contributed by atoms with E-state index in [9.17, 15) is 0 Å². The summed E-state index contributed by atoms with van der Waals surface area (Å²) in [6.07, 6.45) is 0. The normalized spacial score (nSPS) is 11.6. The average molecular weight is 260 g/mol. The summed E-state index contributed by atoms with van der Waals surface area (Å²) in [5.74, 6) is 0.939. The van der Waals surface area contributed by atoms with Gasteiger partial charge in [0.25, 0.3) is 0 Å². The molecule has 1 aromatic heterocycles. The molecule has 0 aliphatic heterocycles. The van der Waals surface area contributed by atoms with Gasteiger partial charge in [0.05, 0.1) is 0 Å². The summed E-state index contributed by atoms with van der Waals surface area (Å²) < 4.78 is 0. The largest absolute Gasteiger partial charge is 0.372 e. The first-order valence-corrected chi connectivity index (χ1v) is 7.04. The first-order chi connectivity index (χ1) is 8.41. The summed E-state index contributed by atoms with van der Waals surface area (Å²) in [6.45, 7) is 8.88. The monoisotopic (exact) mass is 260 g/mol. The van der Waals surface area contributed by atoms with Crippen LogP contribution < -0.4 is 5.32 Å². The van der Waals surface area contributed by atoms with Gasteiger partial charge in [0.1, 0.15) is 10.8 Å². The van der Waals surface area contributed by atoms with Gasteiger partial charge in [-0.3, -0.25) is 0 Å². The molecular formula is C15H20N2S. The molecule has 0 spiro atoms. The van der Waals surface area contributed by atoms with Gasteiger partial charge in [-0.25, -0.2) is 4.98 Å². The molecule has 2 rings (SSSR count). The van der Waals surface area contributed by atoms with Gasteiger partial charge in [-0.05, 0) is 23.5 Å². The van der Waals surface area contributed by atoms with Gasteiger partial charge < -0.3 is 5.32 Å². The lowest BCUT2D eigenvalue weighted by molar-refractivity contribution is 0.590. The van der Waals surface area contributed by atoms with Gasteiger partial charge in [-0.1, -0.05) is 39.0 Å². The number of anilines is 1. The van der Waals surface area contributed by atoms with Crippen LogP contribution in [0.5, 0.6) is 0 Å². The second kappa shape index (κ2) is 4.73. The van der Waals surface area contributed by atoms with Crippen LogP contribution in [0.2, 0.25) is 0 Å². The minimum atomic E-state index is 0.197. The Balaban J connectivity index is 2.41. The van der Waals surface area contributed by atoms with Gasteiger partial charge >= 0.3 is 0 Å². The fraction of sp³-hybridized carbons (Fsp3) is 0.400. The second-order valence-corrected chi connectivity index (χ2v) is 6.43. The molecule has 1 aromatic carbocycles. The van der Waals surface area contributed by atoms with Crippen LogP contribution >= 0.6 is 11.3 Å². The standard InChI is InChI=1S/C15H20N2S/c1-10-8-11(15(2,3)4)6-7-12(10)14-17-13(16-5)9-18-14/h6-9,16H,1-5H3. The zero-order valence-corrected chi connectivity index (χ0v) is 12.5. The number of hydrogen-bond acceptors (Lipinski definition) is 3. The molecule has 2 aromatic rings. The number of rotatable bonds is 2. The van der Waals surface area contributed by atoms with Gasteiger partial charge in [-0.2, -0.15) is 0 Å². The predicted octanol–water partition coefficient (Wildman–Crippen LogP) is 4.46. The smallest absolute Gasteiger partial charge is 0.137 e. The summed E-state index contributed by atoms with van der Waals surface area (Å²) in [7, 11) is 1.90. The van der Waals surface area contributed by atoms with Gasteiger partial charge in [-0.15, -0.1) is 11.3 Å². The topological polar surface area (TPSA) is 24.9 Å². The molecule has 18 heavy (non-hydrogen) atoms. The molecule has 0 atom stereocenters. The minimum Gasteiger partial charge on any atom is -0.372 e. The van der Waals surface area contributed by atoms with Crippen molar-refractivity contribution >= 4 is 17.2 Å². The number of aromatic nitrogens is 1. The highest BCUT2D eigenvalue weighted by atomic mass is 32.1. The Morgan fingerprint density at radius 3 is 2.44 bits per heavy atom. The van der Waals surface area contributed by atoms with Crippen molar-refractivity contribution in [2.45, 2.75) is 33.1 Å². The fourth-order valence-electron chi connectivity index (χ4n) is 1.88. The highest BCUT2D eigenvalue weighted by molar-refractivity contribution is 7.13. The van der Waals surface area contributed by atoms with E-state index in [-0.39, 0.29) is 5.41 Å². The Kier molecular flexibility index (Phi) is 3.44. The zero-order chi connectivity index (χ0) is 13.3. The molecule has 0 amide bonds. The number of thiazole rings is 1. The van der Waals surface area contributed by atoms with Gasteiger partial charge in [0.15, 0.2) is 0 Å². The van der Waals surface area contributed by atoms with Crippen LogP contribution in [0.1, 0.15) is 31.9 Å². The number of nitrogens with zero attached hydrogens (tertiary/aromatic N) is 1. The van der Waals surface area contributed by atoms with Crippen LogP contribution in [0.15, 0.2) is 23.6 Å². The van der Waals surface area contributed by atoms with Gasteiger partial charge in [0, 0.05) is 18.0 Å². The molecule has 0 saturated carbocycles. The van der Waals surface area contributed by atoms with Crippen LogP contribution in [-0.2, 0) is 5.41 Å². The van der Waals surface area contributed by atoms with Crippen molar-refractivity contribution in [2.75, 3.05) is 12.4 Å². The van der Waals surface area contributed by atoms with E-state index in [0.29, 0.717) is 0 Å². The van der Waals surface area contributed by atoms with Crippen molar-refractivity contribution in [2.24, 2.45) is 0 Å². The maximum absolute atomic E-state index is 4.56. The highest BCUT2D eigenvalue weighted by Gasteiger charge is 2.15. The lowest BCUT2D eigenvalue weighted by Crippen LogP contribution is -2.11. The second-order valence-electron chi connectivity index (χ2n) is 5.57. The molecule has 2 nitrogen and oxygen atoms in total. The van der Waals surface area contributed by atoms with Crippen molar-refractivity contribution in [3.8, 4) is 10.6 Å². The lowest BCUT2D eigenvalue weighted by Gasteiger charge is -2.20. The molecule has 0 fully saturated rings. The maximum Gasteiger partial charge on any atom is 0.137 e. The Morgan fingerprint density at radius 1 is 1.22 bits per heavy atom. The summed E-state index contributed by atoms with van der Waals surface area (Å²) in [6, 6.07) is 6.67. The lowest BCUT2D eigenvalue weighted by atomic mass is 9.85. The quantitative estimate of drug-likeness (QED) is 0.862. The molecule has 0 aliphatic carbocycles. The van der Waals surface area contributed by atoms with Crippen LogP contribution in [0, 0.1) is 6.92 Å². The first-order valence-electron chi connectivity index (χ1n) is 6.16. The van der Waals surface area contributed by atoms with E-state index in [0.717, 1.165) is 10.8 Å². The van der Waals surface area contributed by atoms with Crippen LogP contribution in [-0.4, -0.2) is 12.0 Å². The van der Waals surface area contributed by atoms with Crippen molar-refractivity contribution < 1.29 is 0 Å². The molecule has 0 aliphatic rings. The molecule has 3 heteroatoms. The van der Waals surface area contributed by atoms with E-state index >= 15 is 0 Å². The van der Waals surface area contributed by atoms with E-state index in [1.807, 2.05) is 12.4 Å². The van der Waals surface area contributed by atoms with Crippen molar-refractivity contribution in [1.82, 2.24) is 4.98 Å². The summed E-state index contributed by atoms with van der Waals surface area (Å²) in [5, 5.41) is 6.20. The molecule has 96 valence electrons. The predicted molar refractivity (Wildman–Crippen MR) is 80.5 cm³/mol. The molecule has 0 radical (unpaired) electrons. The summed E-state index contributed by atoms with van der Waals surface area (Å²) in [4.78, 5) is 4.56. The Morgan fingerprint density at radius 2 is 1.94 bits per heavy atom. The van der Waals surface area contributed by atoms with E-state index in [1.165, 1.54) is 16.7 Å². The first kappa shape index (κ1) is 13.1. The Bertz CT molecular complexity index is 550. The van der Waals surface area contributed by atoms with Gasteiger partial charge in [0.2, 0.25) is 0 Å². The molecule has 1 N–H and O–H groups in total. The third kappa shape index (κ3) is 2.56. The third-order valence-electron chi connectivity index (χ3n) is 3.08. The molecule has 0 saturated heterocycles. The Hall–Kier alpha value is -1.35. The van der Waals surface area contributed by atoms with Crippen molar-refractivity contribution in [3.05, 3.63) is 34.7 Å². The molecular weight excluding hydrogens is 240 g/mol. The highest BCUT2D eigenvalue weighted by Crippen LogP contribution is 2.31. The number of hydrogen-bond donors (Lipinski definition) is 1. The fourth-order valence-corrected chi connectivity index (χ4v) is 2.78. The number of nitrogens with one attached hydrogen (secondary N) is 1. The molecule has 1 heterocycles. The van der Waals surface area contributed by atoms with Crippen molar-refractivity contribution in [3.63, 3.8) is 0 Å². The summed E-state index contributed by atoms with van der Waals surface area (Å²) >= 11 is 1.68. The average Bonchev–Trinajstić information content (AvgIpc) is 2.76. The van der Waals surface area contributed by atoms with E-state index in [4.69, 9.17) is 0 Å². The van der Waals surface area contributed by atoms with E-state index in [2.05, 4.69) is 56.2 Å². The van der Waals surface area contributed by atoms with Crippen LogP contribution in [0.4, 0.5) is 5.82 Å². The molecule has 0 unspecified atom stereocenters. The van der Waals surface area contributed by atoms with Crippen LogP contribution in [0.25, 0.3) is 10.6 Å².